The molecule has 3 N–H and O–H groups in total. The molecule has 0 fully saturated rings. The predicted octanol–water partition coefficient (Wildman–Crippen LogP) is -0.948. The number of nitrogens with zero attached hydrogens (tertiary/aromatic N) is 3. The van der Waals surface area contributed by atoms with E-state index in [0.717, 1.165) is 18.5 Å². The van der Waals surface area contributed by atoms with E-state index in [9.17, 15) is 9.59 Å². The number of hydrogen-bond acceptors (Lipinski definition) is 6. The van der Waals surface area contributed by atoms with E-state index in [0.29, 0.717) is 6.54 Å². The number of hydrogen-bond donors (Lipinski definition) is 2. The third-order valence-electron chi connectivity index (χ3n) is 1.96. The molecular formula is C9H15N5O3. The van der Waals surface area contributed by atoms with E-state index in [4.69, 9.17) is 5.73 Å². The van der Waals surface area contributed by atoms with E-state index in [2.05, 4.69) is 15.0 Å². The number of nitrogens with two attached hydrogens (primary N) is 1. The number of ether oxygens (including phenoxy) is 1. The van der Waals surface area contributed by atoms with Crippen molar-refractivity contribution in [2.75, 3.05) is 13.7 Å². The molecule has 8 nitrogen and oxygen atoms in total. The lowest BCUT2D eigenvalue weighted by Gasteiger charge is -2.01. The highest BCUT2D eigenvalue weighted by atomic mass is 16.5. The van der Waals surface area contributed by atoms with Gasteiger partial charge in [-0.05, 0) is 19.4 Å². The predicted molar refractivity (Wildman–Crippen MR) is 57.9 cm³/mol. The van der Waals surface area contributed by atoms with Gasteiger partial charge in [-0.3, -0.25) is 10.1 Å². The number of rotatable bonds is 5. The van der Waals surface area contributed by atoms with Gasteiger partial charge in [0, 0.05) is 6.20 Å². The Labute approximate surface area is 98.1 Å². The molecule has 0 atom stereocenters. The van der Waals surface area contributed by atoms with Crippen molar-refractivity contribution >= 4 is 12.0 Å². The van der Waals surface area contributed by atoms with Gasteiger partial charge in [-0.25, -0.2) is 9.48 Å². The van der Waals surface area contributed by atoms with Crippen molar-refractivity contribution < 1.29 is 14.3 Å². The van der Waals surface area contributed by atoms with E-state index in [1.54, 1.807) is 6.20 Å². The topological polar surface area (TPSA) is 112 Å². The molecule has 2 amide bonds. The van der Waals surface area contributed by atoms with E-state index in [1.165, 1.54) is 11.8 Å². The smallest absolute Gasteiger partial charge is 0.413 e. The Morgan fingerprint density at radius 2 is 2.35 bits per heavy atom. The largest absolute Gasteiger partial charge is 0.453 e. The molecule has 0 saturated heterocycles. The van der Waals surface area contributed by atoms with Crippen molar-refractivity contribution in [3.63, 3.8) is 0 Å². The van der Waals surface area contributed by atoms with Crippen molar-refractivity contribution in [1.82, 2.24) is 20.3 Å². The summed E-state index contributed by atoms with van der Waals surface area (Å²) in [6.07, 6.45) is 2.38. The van der Waals surface area contributed by atoms with Crippen molar-refractivity contribution in [3.05, 3.63) is 11.9 Å². The van der Waals surface area contributed by atoms with Crippen LogP contribution in [-0.4, -0.2) is 40.6 Å². The minimum atomic E-state index is -0.793. The fourth-order valence-electron chi connectivity index (χ4n) is 1.17. The molecular weight excluding hydrogens is 226 g/mol. The summed E-state index contributed by atoms with van der Waals surface area (Å²) in [7, 11) is 1.18. The molecule has 0 bridgehead atoms. The monoisotopic (exact) mass is 241 g/mol. The second-order valence-electron chi connectivity index (χ2n) is 3.34. The van der Waals surface area contributed by atoms with Gasteiger partial charge in [0.2, 0.25) is 0 Å². The summed E-state index contributed by atoms with van der Waals surface area (Å²) in [5.41, 5.74) is 6.13. The Morgan fingerprint density at radius 3 is 3.00 bits per heavy atom. The van der Waals surface area contributed by atoms with Crippen molar-refractivity contribution in [3.8, 4) is 0 Å². The molecule has 0 aromatic carbocycles. The Hall–Kier alpha value is -1.96. The molecule has 1 aromatic rings. The maximum atomic E-state index is 11.3. The zero-order chi connectivity index (χ0) is 12.7. The fraction of sp³-hybridized carbons (Fsp3) is 0.556. The van der Waals surface area contributed by atoms with Crippen LogP contribution < -0.4 is 11.1 Å². The van der Waals surface area contributed by atoms with E-state index < -0.39 is 12.0 Å². The van der Waals surface area contributed by atoms with Crippen molar-refractivity contribution in [1.29, 1.82) is 0 Å². The Balaban J connectivity index is 2.43. The van der Waals surface area contributed by atoms with Crippen molar-refractivity contribution in [2.24, 2.45) is 5.73 Å². The molecule has 0 radical (unpaired) electrons. The number of methoxy groups -OCH3 is 1. The van der Waals surface area contributed by atoms with E-state index in [1.807, 2.05) is 5.32 Å². The molecule has 0 aliphatic heterocycles. The third kappa shape index (κ3) is 4.60. The highest BCUT2D eigenvalue weighted by molar-refractivity contribution is 5.91. The van der Waals surface area contributed by atoms with Crippen LogP contribution in [0.15, 0.2) is 6.20 Å². The zero-order valence-electron chi connectivity index (χ0n) is 9.55. The van der Waals surface area contributed by atoms with Crippen LogP contribution in [-0.2, 0) is 22.5 Å². The number of alkyl carbamates (subject to hydrolysis) is 1. The van der Waals surface area contributed by atoms with Gasteiger partial charge in [0.25, 0.3) is 5.91 Å². The zero-order valence-corrected chi connectivity index (χ0v) is 9.55. The summed E-state index contributed by atoms with van der Waals surface area (Å²) in [5, 5.41) is 9.64. The third-order valence-corrected chi connectivity index (χ3v) is 1.96. The van der Waals surface area contributed by atoms with Crippen LogP contribution in [0, 0.1) is 0 Å². The van der Waals surface area contributed by atoms with Crippen LogP contribution in [0.3, 0.4) is 0 Å². The maximum Gasteiger partial charge on any atom is 0.413 e. The SMILES string of the molecule is COC(=O)NC(=O)Cn1cc(CCCN)nn1. The van der Waals surface area contributed by atoms with Crippen molar-refractivity contribution in [2.45, 2.75) is 19.4 Å². The van der Waals surface area contributed by atoms with E-state index in [-0.39, 0.29) is 6.54 Å². The minimum absolute atomic E-state index is 0.0786. The number of carbonyl (C=O) groups is 2. The summed E-state index contributed by atoms with van der Waals surface area (Å²) in [6, 6.07) is 0. The molecule has 94 valence electrons. The second-order valence-corrected chi connectivity index (χ2v) is 3.34. The Kier molecular flexibility index (Phi) is 5.08. The number of amides is 2. The van der Waals surface area contributed by atoms with Crippen LogP contribution in [0.1, 0.15) is 12.1 Å². The summed E-state index contributed by atoms with van der Waals surface area (Å²) < 4.78 is 5.64. The number of nitrogens with one attached hydrogen (secondary N) is 1. The quantitative estimate of drug-likeness (QED) is 0.687. The first-order chi connectivity index (χ1) is 8.15. The van der Waals surface area contributed by atoms with Gasteiger partial charge in [-0.15, -0.1) is 5.10 Å². The van der Waals surface area contributed by atoms with Crippen LogP contribution in [0.25, 0.3) is 0 Å². The standard InChI is InChI=1S/C9H15N5O3/c1-17-9(16)11-8(15)6-14-5-7(12-13-14)3-2-4-10/h5H,2-4,6,10H2,1H3,(H,11,15,16). The molecule has 1 aromatic heterocycles. The normalized spacial score (nSPS) is 10.0. The number of imide groups is 1. The van der Waals surface area contributed by atoms with Gasteiger partial charge in [0.05, 0.1) is 12.8 Å². The molecule has 0 unspecified atom stereocenters. The lowest BCUT2D eigenvalue weighted by atomic mass is 10.2. The number of carbonyl (C=O) groups excluding carboxylic acids is 2. The summed E-state index contributed by atoms with van der Waals surface area (Å²) in [4.78, 5) is 22.0. The molecule has 8 heteroatoms. The van der Waals surface area contributed by atoms with Crippen LogP contribution in [0.5, 0.6) is 0 Å². The van der Waals surface area contributed by atoms with Gasteiger partial charge < -0.3 is 10.5 Å². The molecule has 0 aliphatic rings. The van der Waals surface area contributed by atoms with Crippen LogP contribution in [0.2, 0.25) is 0 Å². The first kappa shape index (κ1) is 13.1. The maximum absolute atomic E-state index is 11.3. The molecule has 1 heterocycles. The van der Waals surface area contributed by atoms with Gasteiger partial charge >= 0.3 is 6.09 Å². The fourth-order valence-corrected chi connectivity index (χ4v) is 1.17. The molecule has 17 heavy (non-hydrogen) atoms. The summed E-state index contributed by atoms with van der Waals surface area (Å²) in [5.74, 6) is -0.507. The Morgan fingerprint density at radius 1 is 1.59 bits per heavy atom. The van der Waals surface area contributed by atoms with Gasteiger partial charge in [0.1, 0.15) is 6.54 Å². The molecule has 1 rings (SSSR count). The van der Waals surface area contributed by atoms with Gasteiger partial charge in [0.15, 0.2) is 0 Å². The van der Waals surface area contributed by atoms with Crippen LogP contribution in [0.4, 0.5) is 4.79 Å². The summed E-state index contributed by atoms with van der Waals surface area (Å²) in [6.45, 7) is 0.500. The van der Waals surface area contributed by atoms with Gasteiger partial charge in [-0.2, -0.15) is 0 Å². The number of aryl methyl sites for hydroxylation is 1. The molecule has 0 aliphatic carbocycles. The average Bonchev–Trinajstić information content (AvgIpc) is 2.73. The number of aromatic nitrogens is 3. The highest BCUT2D eigenvalue weighted by Crippen LogP contribution is 1.96. The van der Waals surface area contributed by atoms with E-state index >= 15 is 0 Å². The Bertz CT molecular complexity index is 390. The second kappa shape index (κ2) is 6.59. The lowest BCUT2D eigenvalue weighted by Crippen LogP contribution is -2.33. The first-order valence-electron chi connectivity index (χ1n) is 5.12. The summed E-state index contributed by atoms with van der Waals surface area (Å²) >= 11 is 0. The first-order valence-corrected chi connectivity index (χ1v) is 5.12. The molecule has 0 saturated carbocycles. The van der Waals surface area contributed by atoms with Gasteiger partial charge in [-0.1, -0.05) is 5.21 Å². The lowest BCUT2D eigenvalue weighted by molar-refractivity contribution is -0.121. The average molecular weight is 241 g/mol. The molecule has 0 spiro atoms. The minimum Gasteiger partial charge on any atom is -0.453 e. The van der Waals surface area contributed by atoms with Crippen LogP contribution >= 0.6 is 0 Å². The highest BCUT2D eigenvalue weighted by Gasteiger charge is 2.09.